The summed E-state index contributed by atoms with van der Waals surface area (Å²) in [5.74, 6) is 0.777. The molecular formula is C13H15N5O2. The van der Waals surface area contributed by atoms with Crippen molar-refractivity contribution in [1.29, 1.82) is 0 Å². The van der Waals surface area contributed by atoms with E-state index in [0.717, 1.165) is 11.5 Å². The summed E-state index contributed by atoms with van der Waals surface area (Å²) in [6.45, 7) is 2.26. The van der Waals surface area contributed by atoms with Crippen LogP contribution in [0.3, 0.4) is 0 Å². The van der Waals surface area contributed by atoms with Crippen molar-refractivity contribution < 1.29 is 9.90 Å². The Kier molecular flexibility index (Phi) is 3.24. The fourth-order valence-corrected chi connectivity index (χ4v) is 2.23. The van der Waals surface area contributed by atoms with E-state index in [4.69, 9.17) is 5.11 Å². The molecule has 0 atom stereocenters. The van der Waals surface area contributed by atoms with Crippen LogP contribution in [-0.2, 0) is 0 Å². The molecule has 2 heterocycles. The van der Waals surface area contributed by atoms with Gasteiger partial charge in [-0.1, -0.05) is 23.4 Å². The third-order valence-corrected chi connectivity index (χ3v) is 3.38. The summed E-state index contributed by atoms with van der Waals surface area (Å²) in [6.07, 6.45) is 1.00. The third kappa shape index (κ3) is 2.42. The van der Waals surface area contributed by atoms with E-state index < -0.39 is 6.09 Å². The average molecular weight is 273 g/mol. The van der Waals surface area contributed by atoms with E-state index >= 15 is 0 Å². The molecule has 1 aromatic carbocycles. The molecule has 1 fully saturated rings. The summed E-state index contributed by atoms with van der Waals surface area (Å²) in [5.41, 5.74) is 0.954. The summed E-state index contributed by atoms with van der Waals surface area (Å²) < 4.78 is 1.72. The number of carbonyl (C=O) groups is 1. The maximum Gasteiger partial charge on any atom is 0.407 e. The van der Waals surface area contributed by atoms with E-state index in [0.29, 0.717) is 26.2 Å². The molecule has 2 aromatic rings. The number of nitrogens with zero attached hydrogens (tertiary/aromatic N) is 5. The van der Waals surface area contributed by atoms with Gasteiger partial charge in [0, 0.05) is 26.2 Å². The van der Waals surface area contributed by atoms with Gasteiger partial charge in [0.2, 0.25) is 0 Å². The van der Waals surface area contributed by atoms with Gasteiger partial charge in [-0.3, -0.25) is 0 Å². The summed E-state index contributed by atoms with van der Waals surface area (Å²) in [4.78, 5) is 14.3. The van der Waals surface area contributed by atoms with Gasteiger partial charge < -0.3 is 14.9 Å². The van der Waals surface area contributed by atoms with Crippen molar-refractivity contribution in [3.8, 4) is 5.69 Å². The van der Waals surface area contributed by atoms with E-state index in [2.05, 4.69) is 10.3 Å². The number of benzene rings is 1. The van der Waals surface area contributed by atoms with Crippen molar-refractivity contribution in [3.05, 3.63) is 36.5 Å². The van der Waals surface area contributed by atoms with E-state index in [1.807, 2.05) is 41.4 Å². The predicted molar refractivity (Wildman–Crippen MR) is 73.2 cm³/mol. The number of carboxylic acid groups (broad SMARTS) is 1. The monoisotopic (exact) mass is 273 g/mol. The van der Waals surface area contributed by atoms with Crippen molar-refractivity contribution in [1.82, 2.24) is 19.9 Å². The van der Waals surface area contributed by atoms with Gasteiger partial charge in [-0.15, -0.1) is 5.10 Å². The second-order valence-corrected chi connectivity index (χ2v) is 4.61. The van der Waals surface area contributed by atoms with Gasteiger partial charge in [0.1, 0.15) is 0 Å². The zero-order chi connectivity index (χ0) is 13.9. The maximum absolute atomic E-state index is 10.9. The Bertz CT molecular complexity index is 590. The topological polar surface area (TPSA) is 74.5 Å². The fraction of sp³-hybridized carbons (Fsp3) is 0.308. The van der Waals surface area contributed by atoms with Crippen LogP contribution in [0, 0.1) is 0 Å². The van der Waals surface area contributed by atoms with Crippen LogP contribution in [-0.4, -0.2) is 57.3 Å². The maximum atomic E-state index is 10.9. The molecule has 1 aliphatic rings. The minimum Gasteiger partial charge on any atom is -0.465 e. The van der Waals surface area contributed by atoms with Crippen molar-refractivity contribution >= 4 is 11.9 Å². The molecule has 1 aromatic heterocycles. The van der Waals surface area contributed by atoms with Crippen molar-refractivity contribution in [2.24, 2.45) is 0 Å². The minimum atomic E-state index is -0.863. The largest absolute Gasteiger partial charge is 0.465 e. The highest BCUT2D eigenvalue weighted by atomic mass is 16.4. The van der Waals surface area contributed by atoms with Crippen LogP contribution in [0.1, 0.15) is 0 Å². The average Bonchev–Trinajstić information content (AvgIpc) is 2.98. The van der Waals surface area contributed by atoms with Gasteiger partial charge in [0.25, 0.3) is 0 Å². The van der Waals surface area contributed by atoms with Crippen molar-refractivity contribution in [2.45, 2.75) is 0 Å². The molecule has 0 aliphatic carbocycles. The number of hydrogen-bond acceptors (Lipinski definition) is 4. The first kappa shape index (κ1) is 12.5. The number of aromatic nitrogens is 3. The molecule has 0 saturated carbocycles. The molecular weight excluding hydrogens is 258 g/mol. The molecule has 3 rings (SSSR count). The third-order valence-electron chi connectivity index (χ3n) is 3.38. The number of hydrogen-bond donors (Lipinski definition) is 1. The Labute approximate surface area is 116 Å². The van der Waals surface area contributed by atoms with E-state index in [1.54, 1.807) is 4.68 Å². The molecule has 20 heavy (non-hydrogen) atoms. The Morgan fingerprint density at radius 1 is 1.10 bits per heavy atom. The lowest BCUT2D eigenvalue weighted by Gasteiger charge is -2.32. The lowest BCUT2D eigenvalue weighted by atomic mass is 10.3. The van der Waals surface area contributed by atoms with E-state index in [9.17, 15) is 4.79 Å². The lowest BCUT2D eigenvalue weighted by molar-refractivity contribution is 0.142. The summed E-state index contributed by atoms with van der Waals surface area (Å²) in [7, 11) is 0. The SMILES string of the molecule is O=C(O)N1CCN(c2cn(-c3ccccc3)nn2)CC1. The van der Waals surface area contributed by atoms with E-state index in [1.165, 1.54) is 4.90 Å². The van der Waals surface area contributed by atoms with Crippen LogP contribution < -0.4 is 4.90 Å². The van der Waals surface area contributed by atoms with E-state index in [-0.39, 0.29) is 0 Å². The predicted octanol–water partition coefficient (Wildman–Crippen LogP) is 1.07. The van der Waals surface area contributed by atoms with Crippen LogP contribution in [0.4, 0.5) is 10.6 Å². The van der Waals surface area contributed by atoms with Gasteiger partial charge in [0.05, 0.1) is 11.9 Å². The van der Waals surface area contributed by atoms with Gasteiger partial charge in [-0.2, -0.15) is 0 Å². The molecule has 0 spiro atoms. The first-order valence-electron chi connectivity index (χ1n) is 6.44. The first-order chi connectivity index (χ1) is 9.74. The molecule has 1 amide bonds. The highest BCUT2D eigenvalue weighted by Crippen LogP contribution is 2.15. The summed E-state index contributed by atoms with van der Waals surface area (Å²) in [5, 5.41) is 17.2. The number of rotatable bonds is 2. The van der Waals surface area contributed by atoms with Crippen LogP contribution >= 0.6 is 0 Å². The zero-order valence-electron chi connectivity index (χ0n) is 10.9. The van der Waals surface area contributed by atoms with Crippen LogP contribution in [0.15, 0.2) is 36.5 Å². The summed E-state index contributed by atoms with van der Waals surface area (Å²) >= 11 is 0. The Morgan fingerprint density at radius 3 is 2.45 bits per heavy atom. The molecule has 7 nitrogen and oxygen atoms in total. The molecule has 0 bridgehead atoms. The second-order valence-electron chi connectivity index (χ2n) is 4.61. The Morgan fingerprint density at radius 2 is 1.80 bits per heavy atom. The van der Waals surface area contributed by atoms with Crippen molar-refractivity contribution in [2.75, 3.05) is 31.1 Å². The first-order valence-corrected chi connectivity index (χ1v) is 6.44. The minimum absolute atomic E-state index is 0.494. The standard InChI is InChI=1S/C13H15N5O2/c19-13(20)17-8-6-16(7-9-17)12-10-18(15-14-12)11-4-2-1-3-5-11/h1-5,10H,6-9H2,(H,19,20). The quantitative estimate of drug-likeness (QED) is 0.885. The molecule has 0 unspecified atom stereocenters. The molecule has 1 N–H and O–H groups in total. The number of piperazine rings is 1. The van der Waals surface area contributed by atoms with Gasteiger partial charge in [-0.25, -0.2) is 9.48 Å². The Balaban J connectivity index is 1.71. The normalized spacial score (nSPS) is 15.4. The molecule has 1 saturated heterocycles. The smallest absolute Gasteiger partial charge is 0.407 e. The molecule has 0 radical (unpaired) electrons. The second kappa shape index (κ2) is 5.20. The Hall–Kier alpha value is -2.57. The summed E-state index contributed by atoms with van der Waals surface area (Å²) in [6, 6.07) is 9.76. The fourth-order valence-electron chi connectivity index (χ4n) is 2.23. The molecule has 104 valence electrons. The van der Waals surface area contributed by atoms with Gasteiger partial charge in [0.15, 0.2) is 5.82 Å². The van der Waals surface area contributed by atoms with Crippen molar-refractivity contribution in [3.63, 3.8) is 0 Å². The highest BCUT2D eigenvalue weighted by molar-refractivity contribution is 5.65. The lowest BCUT2D eigenvalue weighted by Crippen LogP contribution is -2.48. The number of para-hydroxylation sites is 1. The molecule has 7 heteroatoms. The van der Waals surface area contributed by atoms with Gasteiger partial charge in [-0.05, 0) is 12.1 Å². The molecule has 1 aliphatic heterocycles. The highest BCUT2D eigenvalue weighted by Gasteiger charge is 2.22. The number of amides is 1. The van der Waals surface area contributed by atoms with Crippen LogP contribution in [0.5, 0.6) is 0 Å². The van der Waals surface area contributed by atoms with Crippen LogP contribution in [0.2, 0.25) is 0 Å². The van der Waals surface area contributed by atoms with Gasteiger partial charge >= 0.3 is 6.09 Å². The van der Waals surface area contributed by atoms with Crippen LogP contribution in [0.25, 0.3) is 5.69 Å². The number of anilines is 1. The zero-order valence-corrected chi connectivity index (χ0v) is 10.9.